The molecular formula is C24H37N3Si. The lowest BCUT2D eigenvalue weighted by Crippen LogP contribution is -2.48. The Labute approximate surface area is 172 Å². The molecule has 28 heavy (non-hydrogen) atoms. The molecule has 0 amide bonds. The summed E-state index contributed by atoms with van der Waals surface area (Å²) in [6.45, 7) is 21.0. The van der Waals surface area contributed by atoms with Gasteiger partial charge in [0.05, 0.1) is 25.1 Å². The molecule has 4 heteroatoms. The zero-order valence-corrected chi connectivity index (χ0v) is 20.1. The number of para-hydroxylation sites is 1. The van der Waals surface area contributed by atoms with Crippen LogP contribution in [0.1, 0.15) is 52.7 Å². The maximum absolute atomic E-state index is 3.69. The van der Waals surface area contributed by atoms with Gasteiger partial charge >= 0.3 is 0 Å². The van der Waals surface area contributed by atoms with E-state index in [9.17, 15) is 0 Å². The Balaban J connectivity index is 2.12. The summed E-state index contributed by atoms with van der Waals surface area (Å²) in [5.41, 5.74) is 10.4. The van der Waals surface area contributed by atoms with Gasteiger partial charge in [0.25, 0.3) is 0 Å². The van der Waals surface area contributed by atoms with E-state index in [0.29, 0.717) is 0 Å². The molecule has 0 aromatic heterocycles. The van der Waals surface area contributed by atoms with Crippen LogP contribution < -0.4 is 10.4 Å². The Morgan fingerprint density at radius 1 is 0.821 bits per heavy atom. The highest BCUT2D eigenvalue weighted by atomic mass is 28.3. The summed E-state index contributed by atoms with van der Waals surface area (Å²) in [4.78, 5) is 0. The lowest BCUT2D eigenvalue weighted by molar-refractivity contribution is 0.402. The standard InChI is InChI=1S/C24H37N3Si/c1-23(2,3)18-13-15-19(16-14-18)27-22-20(24(4,5)6)11-10-12-21(22)25-26(27)17-28(7,8)9/h10-16,25H,17H2,1-9H3. The average Bonchev–Trinajstić information content (AvgIpc) is 2.88. The lowest BCUT2D eigenvalue weighted by atomic mass is 9.85. The van der Waals surface area contributed by atoms with Crippen LogP contribution in [0.4, 0.5) is 17.1 Å². The number of rotatable bonds is 3. The van der Waals surface area contributed by atoms with Gasteiger partial charge in [0.15, 0.2) is 0 Å². The molecule has 0 unspecified atom stereocenters. The van der Waals surface area contributed by atoms with E-state index in [1.54, 1.807) is 0 Å². The van der Waals surface area contributed by atoms with Crippen molar-refractivity contribution in [1.82, 2.24) is 5.12 Å². The Hall–Kier alpha value is -1.78. The number of hydrazine groups is 2. The fourth-order valence-electron chi connectivity index (χ4n) is 3.71. The quantitative estimate of drug-likeness (QED) is 0.573. The number of nitrogens with zero attached hydrogens (tertiary/aromatic N) is 2. The number of hydrogen-bond donors (Lipinski definition) is 1. The van der Waals surface area contributed by atoms with E-state index in [1.807, 2.05) is 0 Å². The molecule has 0 spiro atoms. The Bertz CT molecular complexity index is 836. The Kier molecular flexibility index (Phi) is 5.18. The van der Waals surface area contributed by atoms with Gasteiger partial charge in [0, 0.05) is 6.17 Å². The highest BCUT2D eigenvalue weighted by molar-refractivity contribution is 6.76. The minimum absolute atomic E-state index is 0.0752. The van der Waals surface area contributed by atoms with E-state index < -0.39 is 8.07 Å². The van der Waals surface area contributed by atoms with Crippen molar-refractivity contribution in [3.8, 4) is 0 Å². The van der Waals surface area contributed by atoms with E-state index in [1.165, 1.54) is 28.2 Å². The second kappa shape index (κ2) is 6.92. The molecule has 1 N–H and O–H groups in total. The second-order valence-electron chi connectivity index (χ2n) is 11.3. The van der Waals surface area contributed by atoms with E-state index in [-0.39, 0.29) is 10.8 Å². The number of anilines is 3. The average molecular weight is 396 g/mol. The zero-order valence-electron chi connectivity index (χ0n) is 19.1. The van der Waals surface area contributed by atoms with Crippen LogP contribution in [0.3, 0.4) is 0 Å². The number of benzene rings is 2. The zero-order chi connectivity index (χ0) is 20.9. The molecule has 0 radical (unpaired) electrons. The van der Waals surface area contributed by atoms with Crippen LogP contribution in [-0.4, -0.2) is 19.4 Å². The predicted molar refractivity (Wildman–Crippen MR) is 126 cm³/mol. The van der Waals surface area contributed by atoms with Gasteiger partial charge in [-0.2, -0.15) is 0 Å². The summed E-state index contributed by atoms with van der Waals surface area (Å²) < 4.78 is 0. The summed E-state index contributed by atoms with van der Waals surface area (Å²) in [7, 11) is -1.32. The van der Waals surface area contributed by atoms with Crippen LogP contribution >= 0.6 is 0 Å². The van der Waals surface area contributed by atoms with Crippen LogP contribution in [0, 0.1) is 0 Å². The first-order valence-electron chi connectivity index (χ1n) is 10.4. The van der Waals surface area contributed by atoms with Crippen molar-refractivity contribution in [3.63, 3.8) is 0 Å². The third-order valence-electron chi connectivity index (χ3n) is 5.15. The summed E-state index contributed by atoms with van der Waals surface area (Å²) in [6.07, 6.45) is 1.05. The largest absolute Gasteiger partial charge is 0.299 e. The fourth-order valence-corrected chi connectivity index (χ4v) is 4.83. The molecule has 3 rings (SSSR count). The molecule has 152 valence electrons. The summed E-state index contributed by atoms with van der Waals surface area (Å²) >= 11 is 0. The van der Waals surface area contributed by atoms with Crippen molar-refractivity contribution in [2.75, 3.05) is 16.6 Å². The maximum Gasteiger partial charge on any atom is 0.0880 e. The molecule has 0 aliphatic carbocycles. The molecule has 0 bridgehead atoms. The van der Waals surface area contributed by atoms with Gasteiger partial charge in [-0.05, 0) is 40.2 Å². The Morgan fingerprint density at radius 3 is 1.93 bits per heavy atom. The summed E-state index contributed by atoms with van der Waals surface area (Å²) in [5.74, 6) is 0. The minimum atomic E-state index is -1.32. The van der Waals surface area contributed by atoms with E-state index in [4.69, 9.17) is 0 Å². The monoisotopic (exact) mass is 395 g/mol. The van der Waals surface area contributed by atoms with Crippen LogP contribution in [0.15, 0.2) is 42.5 Å². The topological polar surface area (TPSA) is 18.5 Å². The Morgan fingerprint density at radius 2 is 1.43 bits per heavy atom. The molecule has 2 aromatic rings. The van der Waals surface area contributed by atoms with Crippen LogP contribution in [-0.2, 0) is 10.8 Å². The molecule has 0 fully saturated rings. The van der Waals surface area contributed by atoms with Crippen LogP contribution in [0.25, 0.3) is 0 Å². The second-order valence-corrected chi connectivity index (χ2v) is 16.7. The van der Waals surface area contributed by atoms with Gasteiger partial charge in [0.2, 0.25) is 0 Å². The SMILES string of the molecule is CC(C)(C)c1ccc(N2c3c(cccc3C(C)(C)C)NN2C[Si](C)(C)C)cc1. The van der Waals surface area contributed by atoms with Gasteiger partial charge in [-0.3, -0.25) is 10.4 Å². The summed E-state index contributed by atoms with van der Waals surface area (Å²) in [6, 6.07) is 15.7. The van der Waals surface area contributed by atoms with E-state index >= 15 is 0 Å². The van der Waals surface area contributed by atoms with Crippen molar-refractivity contribution in [1.29, 1.82) is 0 Å². The van der Waals surface area contributed by atoms with Gasteiger partial charge in [0.1, 0.15) is 0 Å². The molecule has 0 saturated heterocycles. The van der Waals surface area contributed by atoms with Crippen molar-refractivity contribution in [2.24, 2.45) is 0 Å². The highest BCUT2D eigenvalue weighted by Gasteiger charge is 2.36. The van der Waals surface area contributed by atoms with Gasteiger partial charge in [-0.15, -0.1) is 5.12 Å². The van der Waals surface area contributed by atoms with Crippen molar-refractivity contribution in [3.05, 3.63) is 53.6 Å². The smallest absolute Gasteiger partial charge is 0.0880 e. The summed E-state index contributed by atoms with van der Waals surface area (Å²) in [5, 5.41) is 4.73. The van der Waals surface area contributed by atoms with E-state index in [2.05, 4.69) is 119 Å². The molecule has 0 atom stereocenters. The number of hydrogen-bond acceptors (Lipinski definition) is 3. The molecule has 0 saturated carbocycles. The molecule has 1 heterocycles. The van der Waals surface area contributed by atoms with Crippen LogP contribution in [0.2, 0.25) is 19.6 Å². The van der Waals surface area contributed by atoms with Crippen molar-refractivity contribution in [2.45, 2.75) is 72.0 Å². The molecule has 3 nitrogen and oxygen atoms in total. The van der Waals surface area contributed by atoms with Gasteiger partial charge < -0.3 is 0 Å². The van der Waals surface area contributed by atoms with Gasteiger partial charge in [-0.25, -0.2) is 0 Å². The van der Waals surface area contributed by atoms with Crippen molar-refractivity contribution < 1.29 is 0 Å². The third kappa shape index (κ3) is 4.28. The number of fused-ring (bicyclic) bond motifs is 1. The van der Waals surface area contributed by atoms with Gasteiger partial charge in [-0.1, -0.05) is 85.4 Å². The molecular weight excluding hydrogens is 358 g/mol. The van der Waals surface area contributed by atoms with Crippen LogP contribution in [0.5, 0.6) is 0 Å². The first kappa shape index (κ1) is 20.9. The maximum atomic E-state index is 3.69. The predicted octanol–water partition coefficient (Wildman–Crippen LogP) is 6.85. The molecule has 1 aliphatic heterocycles. The normalized spacial score (nSPS) is 15.5. The number of nitrogens with one attached hydrogen (secondary N) is 1. The molecule has 1 aliphatic rings. The fraction of sp³-hybridized carbons (Fsp3) is 0.500. The first-order chi connectivity index (χ1) is 12.8. The van der Waals surface area contributed by atoms with E-state index in [0.717, 1.165) is 6.17 Å². The molecule has 2 aromatic carbocycles. The third-order valence-corrected chi connectivity index (χ3v) is 6.40. The van der Waals surface area contributed by atoms with Crippen molar-refractivity contribution >= 4 is 25.1 Å². The first-order valence-corrected chi connectivity index (χ1v) is 14.1. The highest BCUT2D eigenvalue weighted by Crippen LogP contribution is 2.46. The lowest BCUT2D eigenvalue weighted by Gasteiger charge is -2.35. The minimum Gasteiger partial charge on any atom is -0.299 e.